The van der Waals surface area contributed by atoms with Crippen LogP contribution in [-0.4, -0.2) is 31.8 Å². The Kier molecular flexibility index (Phi) is 4.06. The van der Waals surface area contributed by atoms with Gasteiger partial charge in [0.05, 0.1) is 11.9 Å². The van der Waals surface area contributed by atoms with Crippen LogP contribution in [-0.2, 0) is 6.54 Å². The van der Waals surface area contributed by atoms with Crippen LogP contribution in [0.25, 0.3) is 5.69 Å². The second-order valence-electron chi connectivity index (χ2n) is 6.54. The molecule has 0 N–H and O–H groups in total. The maximum absolute atomic E-state index is 13.0. The minimum atomic E-state index is -0.0498. The first-order chi connectivity index (χ1) is 12.2. The summed E-state index contributed by atoms with van der Waals surface area (Å²) < 4.78 is 1.64. The number of hydrogen-bond acceptors (Lipinski definition) is 3. The number of hydrogen-bond donors (Lipinski definition) is 0. The molecule has 1 saturated carbocycles. The number of nitrogens with zero attached hydrogens (tertiary/aromatic N) is 4. The van der Waals surface area contributed by atoms with Crippen LogP contribution in [0, 0.1) is 6.92 Å². The summed E-state index contributed by atoms with van der Waals surface area (Å²) >= 11 is 0. The number of carbonyl (C=O) groups excluding carboxylic acids is 1. The van der Waals surface area contributed by atoms with Gasteiger partial charge in [-0.2, -0.15) is 0 Å². The third-order valence-corrected chi connectivity index (χ3v) is 4.42. The lowest BCUT2D eigenvalue weighted by molar-refractivity contribution is 0.0724. The molecule has 5 heteroatoms. The van der Waals surface area contributed by atoms with Crippen LogP contribution in [0.2, 0.25) is 0 Å². The van der Waals surface area contributed by atoms with E-state index in [0.29, 0.717) is 18.3 Å². The molecule has 25 heavy (non-hydrogen) atoms. The van der Waals surface area contributed by atoms with E-state index in [0.717, 1.165) is 24.1 Å². The van der Waals surface area contributed by atoms with Crippen molar-refractivity contribution in [2.24, 2.45) is 0 Å². The standard InChI is InChI=1S/C20H20N4O/c1-15-6-5-7-16(12-15)13-23(17-10-11-17)20(25)19-14-24(22-21-19)18-8-3-2-4-9-18/h2-9,12,14,17H,10-11,13H2,1H3. The molecule has 1 aromatic heterocycles. The normalized spacial score (nSPS) is 13.6. The molecule has 3 aromatic rings. The van der Waals surface area contributed by atoms with Gasteiger partial charge in [0.1, 0.15) is 0 Å². The molecule has 2 aromatic carbocycles. The fraction of sp³-hybridized carbons (Fsp3) is 0.250. The molecule has 0 aliphatic heterocycles. The van der Waals surface area contributed by atoms with E-state index >= 15 is 0 Å². The fourth-order valence-corrected chi connectivity index (χ4v) is 2.98. The van der Waals surface area contributed by atoms with Gasteiger partial charge in [-0.1, -0.05) is 53.2 Å². The third kappa shape index (κ3) is 3.45. The van der Waals surface area contributed by atoms with Crippen molar-refractivity contribution >= 4 is 5.91 Å². The van der Waals surface area contributed by atoms with Crippen molar-refractivity contribution in [2.45, 2.75) is 32.4 Å². The summed E-state index contributed by atoms with van der Waals surface area (Å²) in [6, 6.07) is 18.3. The van der Waals surface area contributed by atoms with Crippen molar-refractivity contribution in [1.29, 1.82) is 0 Å². The maximum atomic E-state index is 13.0. The number of amides is 1. The first-order valence-electron chi connectivity index (χ1n) is 8.55. The Bertz CT molecular complexity index is 883. The Balaban J connectivity index is 1.56. The lowest BCUT2D eigenvalue weighted by Crippen LogP contribution is -2.32. The van der Waals surface area contributed by atoms with Gasteiger partial charge in [0.15, 0.2) is 5.69 Å². The highest BCUT2D eigenvalue weighted by atomic mass is 16.2. The van der Waals surface area contributed by atoms with Crippen LogP contribution in [0.15, 0.2) is 60.8 Å². The van der Waals surface area contributed by atoms with Gasteiger partial charge in [-0.05, 0) is 37.5 Å². The molecule has 1 aliphatic carbocycles. The van der Waals surface area contributed by atoms with Gasteiger partial charge in [-0.15, -0.1) is 5.10 Å². The van der Waals surface area contributed by atoms with E-state index in [1.807, 2.05) is 41.3 Å². The lowest BCUT2D eigenvalue weighted by Gasteiger charge is -2.21. The smallest absolute Gasteiger partial charge is 0.276 e. The Morgan fingerprint density at radius 1 is 1.16 bits per heavy atom. The van der Waals surface area contributed by atoms with Crippen molar-refractivity contribution in [1.82, 2.24) is 19.9 Å². The van der Waals surface area contributed by atoms with E-state index in [1.165, 1.54) is 5.56 Å². The Morgan fingerprint density at radius 2 is 1.96 bits per heavy atom. The van der Waals surface area contributed by atoms with Crippen LogP contribution in [0.5, 0.6) is 0 Å². The Morgan fingerprint density at radius 3 is 2.68 bits per heavy atom. The number of aryl methyl sites for hydroxylation is 1. The van der Waals surface area contributed by atoms with E-state index < -0.39 is 0 Å². The second-order valence-corrected chi connectivity index (χ2v) is 6.54. The van der Waals surface area contributed by atoms with Gasteiger partial charge in [0, 0.05) is 12.6 Å². The first kappa shape index (κ1) is 15.6. The molecule has 0 atom stereocenters. The Hall–Kier alpha value is -2.95. The monoisotopic (exact) mass is 332 g/mol. The van der Waals surface area contributed by atoms with Crippen LogP contribution in [0.3, 0.4) is 0 Å². The van der Waals surface area contributed by atoms with E-state index in [-0.39, 0.29) is 5.91 Å². The predicted molar refractivity (Wildman–Crippen MR) is 95.4 cm³/mol. The van der Waals surface area contributed by atoms with E-state index in [2.05, 4.69) is 35.4 Å². The highest BCUT2D eigenvalue weighted by Crippen LogP contribution is 2.29. The minimum Gasteiger partial charge on any atom is -0.330 e. The van der Waals surface area contributed by atoms with E-state index in [9.17, 15) is 4.79 Å². The van der Waals surface area contributed by atoms with Crippen LogP contribution in [0.1, 0.15) is 34.5 Å². The predicted octanol–water partition coefficient (Wildman–Crippen LogP) is 3.38. The molecular weight excluding hydrogens is 312 g/mol. The van der Waals surface area contributed by atoms with Crippen molar-refractivity contribution in [2.75, 3.05) is 0 Å². The van der Waals surface area contributed by atoms with Crippen LogP contribution >= 0.6 is 0 Å². The summed E-state index contributed by atoms with van der Waals surface area (Å²) in [7, 11) is 0. The summed E-state index contributed by atoms with van der Waals surface area (Å²) in [5.41, 5.74) is 3.64. The topological polar surface area (TPSA) is 51.0 Å². The zero-order chi connectivity index (χ0) is 17.2. The molecular formula is C20H20N4O. The highest BCUT2D eigenvalue weighted by Gasteiger charge is 2.34. The van der Waals surface area contributed by atoms with Gasteiger partial charge in [-0.25, -0.2) is 4.68 Å². The summed E-state index contributed by atoms with van der Waals surface area (Å²) in [5.74, 6) is -0.0498. The molecule has 1 amide bonds. The number of aromatic nitrogens is 3. The third-order valence-electron chi connectivity index (χ3n) is 4.42. The van der Waals surface area contributed by atoms with Gasteiger partial charge in [0.25, 0.3) is 5.91 Å². The molecule has 0 saturated heterocycles. The van der Waals surface area contributed by atoms with E-state index in [4.69, 9.17) is 0 Å². The zero-order valence-corrected chi connectivity index (χ0v) is 14.2. The second kappa shape index (κ2) is 6.51. The van der Waals surface area contributed by atoms with Crippen molar-refractivity contribution in [3.63, 3.8) is 0 Å². The summed E-state index contributed by atoms with van der Waals surface area (Å²) in [6.45, 7) is 2.68. The van der Waals surface area contributed by atoms with Crippen LogP contribution < -0.4 is 0 Å². The molecule has 1 fully saturated rings. The van der Waals surface area contributed by atoms with Crippen LogP contribution in [0.4, 0.5) is 0 Å². The van der Waals surface area contributed by atoms with Gasteiger partial charge in [0.2, 0.25) is 0 Å². The lowest BCUT2D eigenvalue weighted by atomic mass is 10.1. The van der Waals surface area contributed by atoms with Gasteiger partial charge < -0.3 is 4.90 Å². The molecule has 126 valence electrons. The average molecular weight is 332 g/mol. The summed E-state index contributed by atoms with van der Waals surface area (Å²) in [4.78, 5) is 14.9. The number of benzene rings is 2. The zero-order valence-electron chi connectivity index (χ0n) is 14.2. The maximum Gasteiger partial charge on any atom is 0.276 e. The van der Waals surface area contributed by atoms with Gasteiger partial charge in [-0.3, -0.25) is 4.79 Å². The quantitative estimate of drug-likeness (QED) is 0.720. The number of para-hydroxylation sites is 1. The highest BCUT2D eigenvalue weighted by molar-refractivity contribution is 5.92. The molecule has 0 unspecified atom stereocenters. The summed E-state index contributed by atoms with van der Waals surface area (Å²) in [5, 5.41) is 8.21. The molecule has 5 nitrogen and oxygen atoms in total. The number of rotatable bonds is 5. The molecule has 0 radical (unpaired) electrons. The summed E-state index contributed by atoms with van der Waals surface area (Å²) in [6.07, 6.45) is 3.83. The molecule has 1 aliphatic rings. The number of carbonyl (C=O) groups is 1. The first-order valence-corrected chi connectivity index (χ1v) is 8.55. The van der Waals surface area contributed by atoms with Gasteiger partial charge >= 0.3 is 0 Å². The van der Waals surface area contributed by atoms with E-state index in [1.54, 1.807) is 10.9 Å². The van der Waals surface area contributed by atoms with Crippen molar-refractivity contribution in [3.05, 3.63) is 77.6 Å². The van der Waals surface area contributed by atoms with Crippen molar-refractivity contribution in [3.8, 4) is 5.69 Å². The molecule has 0 bridgehead atoms. The SMILES string of the molecule is Cc1cccc(CN(C(=O)c2cn(-c3ccccc3)nn2)C2CC2)c1. The largest absolute Gasteiger partial charge is 0.330 e. The molecule has 1 heterocycles. The fourth-order valence-electron chi connectivity index (χ4n) is 2.98. The minimum absolute atomic E-state index is 0.0498. The van der Waals surface area contributed by atoms with Crippen molar-refractivity contribution < 1.29 is 4.79 Å². The Labute approximate surface area is 146 Å². The molecule has 4 rings (SSSR count). The average Bonchev–Trinajstić information content (AvgIpc) is 3.35. The molecule has 0 spiro atoms.